The monoisotopic (exact) mass is 135 g/mol. The number of aliphatic hydroxyl groups is 1. The maximum absolute atomic E-state index is 8.23. The highest BCUT2D eigenvalue weighted by Gasteiger charge is 2.13. The molecule has 0 aromatic rings. The summed E-state index contributed by atoms with van der Waals surface area (Å²) < 4.78 is 4.22. The molecule has 0 aromatic carbocycles. The molecule has 0 aromatic heterocycles. The Bertz CT molecular complexity index is 70.8. The van der Waals surface area contributed by atoms with Crippen molar-refractivity contribution in [2.45, 2.75) is 12.6 Å². The molecule has 0 amide bonds. The zero-order chi connectivity index (χ0) is 7.28. The molecule has 0 aliphatic rings. The van der Waals surface area contributed by atoms with Crippen LogP contribution in [0.4, 0.5) is 0 Å². The average molecular weight is 135 g/mol. The fourth-order valence-electron chi connectivity index (χ4n) is 0.352. The predicted molar refractivity (Wildman–Crippen MR) is 31.0 cm³/mol. The van der Waals surface area contributed by atoms with E-state index in [0.717, 1.165) is 0 Å². The topological polar surface area (TPSA) is 95.9 Å². The van der Waals surface area contributed by atoms with Crippen molar-refractivity contribution >= 4 is 7.32 Å². The summed E-state index contributed by atoms with van der Waals surface area (Å²) in [6, 6.07) is 0. The molecule has 0 fully saturated rings. The average Bonchev–Trinajstić information content (AvgIpc) is 1.63. The van der Waals surface area contributed by atoms with Gasteiger partial charge in [-0.25, -0.2) is 0 Å². The van der Waals surface area contributed by atoms with Gasteiger partial charge < -0.3 is 25.5 Å². The largest absolute Gasteiger partial charge is 0.635 e. The van der Waals surface area contributed by atoms with E-state index < -0.39 is 13.5 Å². The second kappa shape index (κ2) is 4.72. The van der Waals surface area contributed by atoms with Gasteiger partial charge in [-0.1, -0.05) is 0 Å². The Hall–Kier alpha value is -0.135. The van der Waals surface area contributed by atoms with Crippen LogP contribution in [0.5, 0.6) is 0 Å². The van der Waals surface area contributed by atoms with Crippen LogP contribution in [0, 0.1) is 0 Å². The molecule has 0 radical (unpaired) electrons. The van der Waals surface area contributed by atoms with Crippen LogP contribution in [0.2, 0.25) is 0 Å². The van der Waals surface area contributed by atoms with Crippen molar-refractivity contribution < 1.29 is 19.8 Å². The highest BCUT2D eigenvalue weighted by molar-refractivity contribution is 6.32. The summed E-state index contributed by atoms with van der Waals surface area (Å²) in [7, 11) is -1.86. The number of hydrogen-bond donors (Lipinski definition) is 4. The van der Waals surface area contributed by atoms with Crippen molar-refractivity contribution in [3.05, 3.63) is 0 Å². The molecule has 9 heavy (non-hydrogen) atoms. The van der Waals surface area contributed by atoms with E-state index in [-0.39, 0.29) is 13.0 Å². The molecule has 5 N–H and O–H groups in total. The first-order valence-electron chi connectivity index (χ1n) is 2.55. The molecule has 0 heterocycles. The van der Waals surface area contributed by atoms with Crippen LogP contribution in [0.3, 0.4) is 0 Å². The molecule has 0 rings (SSSR count). The predicted octanol–water partition coefficient (Wildman–Crippen LogP) is -2.36. The maximum atomic E-state index is 8.23. The van der Waals surface area contributed by atoms with Crippen molar-refractivity contribution in [2.75, 3.05) is 6.61 Å². The molecule has 0 aliphatic carbocycles. The van der Waals surface area contributed by atoms with Gasteiger partial charge in [-0.05, 0) is 0 Å². The van der Waals surface area contributed by atoms with Crippen molar-refractivity contribution in [2.24, 2.45) is 5.73 Å². The molecule has 5 nitrogen and oxygen atoms in total. The van der Waals surface area contributed by atoms with E-state index in [1.54, 1.807) is 0 Å². The van der Waals surface area contributed by atoms with Gasteiger partial charge in [-0.2, -0.15) is 0 Å². The summed E-state index contributed by atoms with van der Waals surface area (Å²) >= 11 is 0. The van der Waals surface area contributed by atoms with Gasteiger partial charge in [0.25, 0.3) is 0 Å². The molecule has 1 atom stereocenters. The van der Waals surface area contributed by atoms with E-state index in [4.69, 9.17) is 20.9 Å². The van der Waals surface area contributed by atoms with Crippen molar-refractivity contribution in [3.63, 3.8) is 0 Å². The summed E-state index contributed by atoms with van der Waals surface area (Å²) in [6.07, 6.45) is -0.618. The van der Waals surface area contributed by atoms with Crippen LogP contribution in [0.1, 0.15) is 6.42 Å². The Labute approximate surface area is 53.2 Å². The Morgan fingerprint density at radius 2 is 2.11 bits per heavy atom. The number of aliphatic hydroxyl groups excluding tert-OH is 1. The minimum atomic E-state index is -1.86. The second-order valence-electron chi connectivity index (χ2n) is 1.51. The Kier molecular flexibility index (Phi) is 4.65. The molecular formula is C3H10BNO4. The third kappa shape index (κ3) is 5.74. The van der Waals surface area contributed by atoms with Gasteiger partial charge in [0.05, 0.1) is 6.23 Å². The van der Waals surface area contributed by atoms with Crippen molar-refractivity contribution in [1.29, 1.82) is 0 Å². The smallest absolute Gasteiger partial charge is 0.402 e. The standard InChI is InChI=1S/C3H10BNO4/c5-3(1-2-6)9-4(7)8/h3,6-8H,1-2,5H2/t3-/m0/s1. The minimum absolute atomic E-state index is 0.131. The van der Waals surface area contributed by atoms with E-state index in [2.05, 4.69) is 4.65 Å². The SMILES string of the molecule is N[C@H](CCO)OB(O)O. The summed E-state index contributed by atoms with van der Waals surface area (Å²) in [5.41, 5.74) is 5.08. The molecule has 0 unspecified atom stereocenters. The lowest BCUT2D eigenvalue weighted by Gasteiger charge is -2.09. The highest BCUT2D eigenvalue weighted by Crippen LogP contribution is 1.88. The molecule has 6 heteroatoms. The fourth-order valence-corrected chi connectivity index (χ4v) is 0.352. The van der Waals surface area contributed by atoms with Crippen LogP contribution in [-0.2, 0) is 4.65 Å². The molecule has 0 saturated heterocycles. The van der Waals surface area contributed by atoms with Crippen molar-refractivity contribution in [3.8, 4) is 0 Å². The molecule has 0 aliphatic heterocycles. The Balaban J connectivity index is 3.15. The lowest BCUT2D eigenvalue weighted by atomic mass is 10.2. The summed E-state index contributed by atoms with van der Waals surface area (Å²) in [5.74, 6) is 0. The molecule has 0 saturated carbocycles. The van der Waals surface area contributed by atoms with E-state index in [1.807, 2.05) is 0 Å². The Morgan fingerprint density at radius 3 is 2.44 bits per heavy atom. The minimum Gasteiger partial charge on any atom is -0.402 e. The van der Waals surface area contributed by atoms with Gasteiger partial charge in [0.1, 0.15) is 0 Å². The lowest BCUT2D eigenvalue weighted by molar-refractivity contribution is 0.0994. The number of nitrogens with two attached hydrogens (primary N) is 1. The van der Waals surface area contributed by atoms with Gasteiger partial charge in [0.2, 0.25) is 0 Å². The number of rotatable bonds is 4. The van der Waals surface area contributed by atoms with E-state index in [1.165, 1.54) is 0 Å². The molecule has 0 bridgehead atoms. The first-order chi connectivity index (χ1) is 4.16. The van der Waals surface area contributed by atoms with E-state index >= 15 is 0 Å². The van der Waals surface area contributed by atoms with Crippen LogP contribution >= 0.6 is 0 Å². The highest BCUT2D eigenvalue weighted by atomic mass is 16.6. The van der Waals surface area contributed by atoms with Gasteiger partial charge in [-0.15, -0.1) is 0 Å². The summed E-state index contributed by atoms with van der Waals surface area (Å²) in [4.78, 5) is 0. The van der Waals surface area contributed by atoms with Gasteiger partial charge in [0.15, 0.2) is 0 Å². The zero-order valence-corrected chi connectivity index (χ0v) is 4.90. The summed E-state index contributed by atoms with van der Waals surface area (Å²) in [5, 5.41) is 24.5. The van der Waals surface area contributed by atoms with E-state index in [0.29, 0.717) is 0 Å². The van der Waals surface area contributed by atoms with Crippen LogP contribution in [-0.4, -0.2) is 35.3 Å². The van der Waals surface area contributed by atoms with Gasteiger partial charge in [-0.3, -0.25) is 0 Å². The fraction of sp³-hybridized carbons (Fsp3) is 1.00. The Morgan fingerprint density at radius 1 is 1.56 bits per heavy atom. The number of hydrogen-bond acceptors (Lipinski definition) is 5. The lowest BCUT2D eigenvalue weighted by Crippen LogP contribution is -2.33. The normalized spacial score (nSPS) is 13.3. The van der Waals surface area contributed by atoms with Gasteiger partial charge >= 0.3 is 7.32 Å². The summed E-state index contributed by atoms with van der Waals surface area (Å²) in [6.45, 7) is -0.131. The van der Waals surface area contributed by atoms with Crippen LogP contribution in [0.15, 0.2) is 0 Å². The molecule has 54 valence electrons. The first-order valence-corrected chi connectivity index (χ1v) is 2.55. The third-order valence-electron chi connectivity index (χ3n) is 0.710. The third-order valence-corrected chi connectivity index (χ3v) is 0.710. The first kappa shape index (κ1) is 8.86. The van der Waals surface area contributed by atoms with Crippen molar-refractivity contribution in [1.82, 2.24) is 0 Å². The quantitative estimate of drug-likeness (QED) is 0.255. The zero-order valence-electron chi connectivity index (χ0n) is 4.90. The van der Waals surface area contributed by atoms with E-state index in [9.17, 15) is 0 Å². The van der Waals surface area contributed by atoms with Crippen LogP contribution in [0.25, 0.3) is 0 Å². The van der Waals surface area contributed by atoms with Crippen LogP contribution < -0.4 is 5.73 Å². The van der Waals surface area contributed by atoms with Gasteiger partial charge in [0, 0.05) is 13.0 Å². The maximum Gasteiger partial charge on any atom is 0.635 e. The second-order valence-corrected chi connectivity index (χ2v) is 1.51. The molecule has 0 spiro atoms. The molecular weight excluding hydrogens is 125 g/mol.